The van der Waals surface area contributed by atoms with Crippen LogP contribution in [0.25, 0.3) is 0 Å². The SMILES string of the molecule is CC(C)(C)c1nc(C2CC2)oc1C(C)(C)C. The second-order valence-corrected chi connectivity index (χ2v) is 7.00. The van der Waals surface area contributed by atoms with Crippen molar-refractivity contribution in [3.63, 3.8) is 0 Å². The molecule has 0 saturated heterocycles. The highest BCUT2D eigenvalue weighted by molar-refractivity contribution is 5.26. The molecule has 90 valence electrons. The van der Waals surface area contributed by atoms with Gasteiger partial charge in [0.05, 0.1) is 5.69 Å². The lowest BCUT2D eigenvalue weighted by atomic mass is 9.83. The van der Waals surface area contributed by atoms with Gasteiger partial charge in [-0.25, -0.2) is 4.98 Å². The van der Waals surface area contributed by atoms with Crippen molar-refractivity contribution in [1.82, 2.24) is 4.98 Å². The summed E-state index contributed by atoms with van der Waals surface area (Å²) >= 11 is 0. The van der Waals surface area contributed by atoms with Crippen molar-refractivity contribution in [3.8, 4) is 0 Å². The van der Waals surface area contributed by atoms with E-state index in [4.69, 9.17) is 9.40 Å². The van der Waals surface area contributed by atoms with Gasteiger partial charge in [-0.2, -0.15) is 0 Å². The van der Waals surface area contributed by atoms with Gasteiger partial charge in [-0.1, -0.05) is 41.5 Å². The quantitative estimate of drug-likeness (QED) is 0.712. The monoisotopic (exact) mass is 221 g/mol. The van der Waals surface area contributed by atoms with Gasteiger partial charge in [0.1, 0.15) is 5.76 Å². The van der Waals surface area contributed by atoms with Gasteiger partial charge in [0.15, 0.2) is 5.89 Å². The van der Waals surface area contributed by atoms with E-state index in [1.165, 1.54) is 12.8 Å². The fraction of sp³-hybridized carbons (Fsp3) is 0.786. The molecule has 0 atom stereocenters. The van der Waals surface area contributed by atoms with Gasteiger partial charge >= 0.3 is 0 Å². The zero-order chi connectivity index (χ0) is 12.1. The van der Waals surface area contributed by atoms with Gasteiger partial charge in [0.2, 0.25) is 0 Å². The van der Waals surface area contributed by atoms with Crippen LogP contribution < -0.4 is 0 Å². The van der Waals surface area contributed by atoms with Crippen molar-refractivity contribution in [3.05, 3.63) is 17.3 Å². The average Bonchev–Trinajstić information content (AvgIpc) is 2.80. The van der Waals surface area contributed by atoms with E-state index >= 15 is 0 Å². The Labute approximate surface area is 98.5 Å². The van der Waals surface area contributed by atoms with Crippen LogP contribution in [-0.2, 0) is 10.8 Å². The maximum Gasteiger partial charge on any atom is 0.197 e. The van der Waals surface area contributed by atoms with Gasteiger partial charge in [-0.05, 0) is 12.8 Å². The molecule has 1 aliphatic rings. The first-order chi connectivity index (χ1) is 7.19. The highest BCUT2D eigenvalue weighted by Crippen LogP contribution is 2.43. The van der Waals surface area contributed by atoms with E-state index in [1.54, 1.807) is 0 Å². The largest absolute Gasteiger partial charge is 0.445 e. The fourth-order valence-electron chi connectivity index (χ4n) is 1.86. The van der Waals surface area contributed by atoms with Crippen molar-refractivity contribution < 1.29 is 4.42 Å². The number of oxazole rings is 1. The summed E-state index contributed by atoms with van der Waals surface area (Å²) in [6.07, 6.45) is 2.49. The van der Waals surface area contributed by atoms with Gasteiger partial charge < -0.3 is 4.42 Å². The Morgan fingerprint density at radius 2 is 1.56 bits per heavy atom. The number of hydrogen-bond donors (Lipinski definition) is 0. The van der Waals surface area contributed by atoms with Crippen LogP contribution in [0, 0.1) is 0 Å². The molecule has 1 aliphatic carbocycles. The van der Waals surface area contributed by atoms with Gasteiger partial charge in [0.25, 0.3) is 0 Å². The first kappa shape index (κ1) is 11.7. The molecule has 1 saturated carbocycles. The predicted octanol–water partition coefficient (Wildman–Crippen LogP) is 4.15. The Kier molecular flexibility index (Phi) is 2.45. The zero-order valence-electron chi connectivity index (χ0n) is 11.3. The standard InChI is InChI=1S/C14H23NO/c1-13(2,3)10-11(14(4,5)6)16-12(15-10)9-7-8-9/h9H,7-8H2,1-6H3. The van der Waals surface area contributed by atoms with E-state index in [2.05, 4.69) is 41.5 Å². The molecule has 2 rings (SSSR count). The molecule has 2 heteroatoms. The lowest BCUT2D eigenvalue weighted by Crippen LogP contribution is -2.20. The summed E-state index contributed by atoms with van der Waals surface area (Å²) in [6, 6.07) is 0. The summed E-state index contributed by atoms with van der Waals surface area (Å²) in [4.78, 5) is 4.74. The Bertz CT molecular complexity index is 354. The lowest BCUT2D eigenvalue weighted by Gasteiger charge is -2.22. The summed E-state index contributed by atoms with van der Waals surface area (Å²) < 4.78 is 6.02. The Morgan fingerprint density at radius 1 is 1.00 bits per heavy atom. The third-order valence-corrected chi connectivity index (χ3v) is 2.96. The molecule has 0 aliphatic heterocycles. The van der Waals surface area contributed by atoms with E-state index in [1.807, 2.05) is 0 Å². The van der Waals surface area contributed by atoms with E-state index < -0.39 is 0 Å². The number of rotatable bonds is 1. The molecule has 1 aromatic heterocycles. The molecule has 0 aromatic carbocycles. The molecule has 0 bridgehead atoms. The second kappa shape index (κ2) is 3.35. The maximum atomic E-state index is 6.02. The first-order valence-corrected chi connectivity index (χ1v) is 6.21. The number of hydrogen-bond acceptors (Lipinski definition) is 2. The lowest BCUT2D eigenvalue weighted by molar-refractivity contribution is 0.373. The molecule has 0 unspecified atom stereocenters. The Balaban J connectivity index is 2.48. The molecule has 16 heavy (non-hydrogen) atoms. The highest BCUT2D eigenvalue weighted by atomic mass is 16.4. The minimum atomic E-state index is 0.0444. The molecule has 0 spiro atoms. The van der Waals surface area contributed by atoms with Crippen LogP contribution in [0.2, 0.25) is 0 Å². The second-order valence-electron chi connectivity index (χ2n) is 7.00. The van der Waals surface area contributed by atoms with E-state index in [-0.39, 0.29) is 10.8 Å². The fourth-order valence-corrected chi connectivity index (χ4v) is 1.86. The first-order valence-electron chi connectivity index (χ1n) is 6.21. The topological polar surface area (TPSA) is 26.0 Å². The summed E-state index contributed by atoms with van der Waals surface area (Å²) in [5.74, 6) is 2.63. The minimum absolute atomic E-state index is 0.0444. The van der Waals surface area contributed by atoms with Gasteiger partial charge in [-0.3, -0.25) is 0 Å². The average molecular weight is 221 g/mol. The molecular formula is C14H23NO. The molecule has 1 aromatic rings. The van der Waals surface area contributed by atoms with Crippen LogP contribution in [0.5, 0.6) is 0 Å². The van der Waals surface area contributed by atoms with Crippen molar-refractivity contribution in [2.75, 3.05) is 0 Å². The van der Waals surface area contributed by atoms with E-state index in [0.29, 0.717) is 5.92 Å². The van der Waals surface area contributed by atoms with Crippen LogP contribution in [0.1, 0.15) is 77.6 Å². The van der Waals surface area contributed by atoms with Crippen LogP contribution in [0.15, 0.2) is 4.42 Å². The number of aromatic nitrogens is 1. The van der Waals surface area contributed by atoms with E-state index in [9.17, 15) is 0 Å². The van der Waals surface area contributed by atoms with E-state index in [0.717, 1.165) is 17.3 Å². The Morgan fingerprint density at radius 3 is 1.88 bits per heavy atom. The molecule has 0 N–H and O–H groups in total. The Hall–Kier alpha value is -0.790. The van der Waals surface area contributed by atoms with Crippen LogP contribution in [0.3, 0.4) is 0 Å². The molecule has 0 radical (unpaired) electrons. The molecule has 0 amide bonds. The highest BCUT2D eigenvalue weighted by Gasteiger charge is 2.36. The van der Waals surface area contributed by atoms with Crippen LogP contribution in [0.4, 0.5) is 0 Å². The van der Waals surface area contributed by atoms with Crippen LogP contribution in [-0.4, -0.2) is 4.98 Å². The smallest absolute Gasteiger partial charge is 0.197 e. The summed E-state index contributed by atoms with van der Waals surface area (Å²) in [6.45, 7) is 13.2. The van der Waals surface area contributed by atoms with Crippen molar-refractivity contribution in [2.45, 2.75) is 71.1 Å². The predicted molar refractivity (Wildman–Crippen MR) is 65.9 cm³/mol. The summed E-state index contributed by atoms with van der Waals surface area (Å²) in [5.41, 5.74) is 1.25. The van der Waals surface area contributed by atoms with Crippen molar-refractivity contribution in [2.24, 2.45) is 0 Å². The summed E-state index contributed by atoms with van der Waals surface area (Å²) in [5, 5.41) is 0. The maximum absolute atomic E-state index is 6.02. The van der Waals surface area contributed by atoms with Crippen molar-refractivity contribution in [1.29, 1.82) is 0 Å². The molecule has 1 heterocycles. The summed E-state index contributed by atoms with van der Waals surface area (Å²) in [7, 11) is 0. The van der Waals surface area contributed by atoms with Gasteiger partial charge in [0, 0.05) is 16.7 Å². The van der Waals surface area contributed by atoms with Crippen LogP contribution >= 0.6 is 0 Å². The molecule has 1 fully saturated rings. The van der Waals surface area contributed by atoms with Crippen molar-refractivity contribution >= 4 is 0 Å². The third-order valence-electron chi connectivity index (χ3n) is 2.96. The zero-order valence-corrected chi connectivity index (χ0v) is 11.3. The van der Waals surface area contributed by atoms with Gasteiger partial charge in [-0.15, -0.1) is 0 Å². The molecular weight excluding hydrogens is 198 g/mol. The third kappa shape index (κ3) is 2.16. The minimum Gasteiger partial charge on any atom is -0.445 e. The number of nitrogens with zero attached hydrogens (tertiary/aromatic N) is 1. The normalized spacial score (nSPS) is 17.9. The molecule has 2 nitrogen and oxygen atoms in total.